The first-order valence-corrected chi connectivity index (χ1v) is 8.71. The monoisotopic (exact) mass is 295 g/mol. The summed E-state index contributed by atoms with van der Waals surface area (Å²) in [6, 6.07) is 5.72. The van der Waals surface area contributed by atoms with E-state index in [9.17, 15) is 0 Å². The van der Waals surface area contributed by atoms with E-state index >= 15 is 0 Å². The Balaban J connectivity index is 1.91. The second-order valence-corrected chi connectivity index (χ2v) is 7.10. The second-order valence-electron chi connectivity index (χ2n) is 6.07. The first-order chi connectivity index (χ1) is 9.69. The normalized spacial score (nSPS) is 23.1. The van der Waals surface area contributed by atoms with Crippen molar-refractivity contribution in [1.29, 1.82) is 0 Å². The maximum atomic E-state index is 3.75. The van der Waals surface area contributed by atoms with E-state index in [2.05, 4.69) is 53.6 Å². The highest BCUT2D eigenvalue weighted by molar-refractivity contribution is 7.09. The lowest BCUT2D eigenvalue weighted by atomic mass is 10.00. The van der Waals surface area contributed by atoms with Crippen molar-refractivity contribution < 1.29 is 0 Å². The first-order valence-electron chi connectivity index (χ1n) is 7.83. The molecule has 0 amide bonds. The number of hydrogen-bond donors (Lipinski definition) is 1. The van der Waals surface area contributed by atoms with Gasteiger partial charge in [0, 0.05) is 36.6 Å². The molecule has 0 saturated carbocycles. The Kier molecular flexibility index (Phi) is 6.49. The predicted octanol–water partition coefficient (Wildman–Crippen LogP) is 2.29. The van der Waals surface area contributed by atoms with Crippen molar-refractivity contribution in [1.82, 2.24) is 15.1 Å². The number of hydrogen-bond acceptors (Lipinski definition) is 4. The fourth-order valence-electron chi connectivity index (χ4n) is 2.94. The van der Waals surface area contributed by atoms with Crippen molar-refractivity contribution in [2.75, 3.05) is 40.3 Å². The molecule has 4 heteroatoms. The fourth-order valence-corrected chi connectivity index (χ4v) is 3.73. The Morgan fingerprint density at radius 3 is 2.95 bits per heavy atom. The summed E-state index contributed by atoms with van der Waals surface area (Å²) >= 11 is 1.88. The molecule has 0 aliphatic carbocycles. The van der Waals surface area contributed by atoms with Crippen LogP contribution in [0.5, 0.6) is 0 Å². The molecule has 1 aromatic rings. The van der Waals surface area contributed by atoms with Gasteiger partial charge in [0.1, 0.15) is 0 Å². The van der Waals surface area contributed by atoms with E-state index in [1.807, 2.05) is 11.3 Å². The summed E-state index contributed by atoms with van der Waals surface area (Å²) in [5, 5.41) is 5.94. The molecule has 0 spiro atoms. The molecule has 1 N–H and O–H groups in total. The number of likely N-dealkylation sites (N-methyl/N-ethyl adjacent to an activating group) is 2. The molecule has 1 aliphatic rings. The van der Waals surface area contributed by atoms with Gasteiger partial charge in [-0.25, -0.2) is 0 Å². The number of nitrogens with one attached hydrogen (secondary N) is 1. The van der Waals surface area contributed by atoms with Crippen LogP contribution in [-0.2, 0) is 6.42 Å². The van der Waals surface area contributed by atoms with Gasteiger partial charge in [-0.2, -0.15) is 0 Å². The van der Waals surface area contributed by atoms with Crippen molar-refractivity contribution in [3.05, 3.63) is 22.4 Å². The molecule has 114 valence electrons. The highest BCUT2D eigenvalue weighted by Gasteiger charge is 2.25. The first kappa shape index (κ1) is 16.0. The van der Waals surface area contributed by atoms with E-state index in [1.54, 1.807) is 0 Å². The van der Waals surface area contributed by atoms with Crippen LogP contribution in [0.25, 0.3) is 0 Å². The average Bonchev–Trinajstić information content (AvgIpc) is 2.93. The van der Waals surface area contributed by atoms with Crippen LogP contribution in [0.15, 0.2) is 17.5 Å². The van der Waals surface area contributed by atoms with Gasteiger partial charge in [-0.3, -0.25) is 0 Å². The fraction of sp³-hybridized carbons (Fsp3) is 0.750. The molecular formula is C16H29N3S. The topological polar surface area (TPSA) is 18.5 Å². The summed E-state index contributed by atoms with van der Waals surface area (Å²) in [5.41, 5.74) is 0. The standard InChI is InChI=1S/C16H29N3S/c1-4-7-17-14(12-16-6-5-10-20-16)11-15-13-18(2)8-9-19(15)3/h5-6,10,14-15,17H,4,7-9,11-13H2,1-3H3. The Morgan fingerprint density at radius 2 is 2.25 bits per heavy atom. The lowest BCUT2D eigenvalue weighted by molar-refractivity contribution is 0.101. The summed E-state index contributed by atoms with van der Waals surface area (Å²) in [7, 11) is 4.52. The van der Waals surface area contributed by atoms with Crippen molar-refractivity contribution in [2.24, 2.45) is 0 Å². The molecule has 1 saturated heterocycles. The number of thiophene rings is 1. The summed E-state index contributed by atoms with van der Waals surface area (Å²) in [6.07, 6.45) is 3.63. The number of nitrogens with zero attached hydrogens (tertiary/aromatic N) is 2. The third-order valence-electron chi connectivity index (χ3n) is 4.25. The zero-order chi connectivity index (χ0) is 14.4. The lowest BCUT2D eigenvalue weighted by Crippen LogP contribution is -2.52. The third kappa shape index (κ3) is 4.85. The van der Waals surface area contributed by atoms with Crippen LogP contribution in [0.2, 0.25) is 0 Å². The molecule has 1 aliphatic heterocycles. The largest absolute Gasteiger partial charge is 0.314 e. The molecule has 1 fully saturated rings. The van der Waals surface area contributed by atoms with Crippen molar-refractivity contribution in [2.45, 2.75) is 38.3 Å². The van der Waals surface area contributed by atoms with Crippen LogP contribution in [-0.4, -0.2) is 62.2 Å². The molecule has 0 radical (unpaired) electrons. The van der Waals surface area contributed by atoms with E-state index < -0.39 is 0 Å². The van der Waals surface area contributed by atoms with Crippen LogP contribution < -0.4 is 5.32 Å². The van der Waals surface area contributed by atoms with Gasteiger partial charge in [-0.05, 0) is 51.3 Å². The van der Waals surface area contributed by atoms with Gasteiger partial charge < -0.3 is 15.1 Å². The second kappa shape index (κ2) is 8.13. The molecule has 0 bridgehead atoms. The highest BCUT2D eigenvalue weighted by atomic mass is 32.1. The molecule has 2 atom stereocenters. The average molecular weight is 295 g/mol. The Bertz CT molecular complexity index is 366. The summed E-state index contributed by atoms with van der Waals surface area (Å²) in [4.78, 5) is 6.51. The van der Waals surface area contributed by atoms with Gasteiger partial charge in [0.25, 0.3) is 0 Å². The zero-order valence-corrected chi connectivity index (χ0v) is 14.0. The SMILES string of the molecule is CCCNC(Cc1cccs1)CC1CN(C)CCN1C. The molecule has 3 nitrogen and oxygen atoms in total. The van der Waals surface area contributed by atoms with Gasteiger partial charge in [-0.15, -0.1) is 11.3 Å². The molecule has 2 unspecified atom stereocenters. The van der Waals surface area contributed by atoms with Crippen LogP contribution in [0, 0.1) is 0 Å². The minimum Gasteiger partial charge on any atom is -0.314 e. The number of piperazine rings is 1. The highest BCUT2D eigenvalue weighted by Crippen LogP contribution is 2.17. The van der Waals surface area contributed by atoms with E-state index in [0.29, 0.717) is 12.1 Å². The Morgan fingerprint density at radius 1 is 1.40 bits per heavy atom. The minimum absolute atomic E-state index is 0.604. The molecule has 1 aromatic heterocycles. The van der Waals surface area contributed by atoms with E-state index in [4.69, 9.17) is 0 Å². The maximum absolute atomic E-state index is 3.75. The van der Waals surface area contributed by atoms with E-state index in [1.165, 1.54) is 43.8 Å². The predicted molar refractivity (Wildman–Crippen MR) is 88.6 cm³/mol. The smallest absolute Gasteiger partial charge is 0.0235 e. The summed E-state index contributed by atoms with van der Waals surface area (Å²) in [6.45, 7) is 6.97. The van der Waals surface area contributed by atoms with Gasteiger partial charge in [0.05, 0.1) is 0 Å². The zero-order valence-electron chi connectivity index (χ0n) is 13.1. The third-order valence-corrected chi connectivity index (χ3v) is 5.15. The number of rotatable bonds is 7. The molecule has 2 heterocycles. The lowest BCUT2D eigenvalue weighted by Gasteiger charge is -2.39. The summed E-state index contributed by atoms with van der Waals surface area (Å²) in [5.74, 6) is 0. The van der Waals surface area contributed by atoms with Gasteiger partial charge in [-0.1, -0.05) is 13.0 Å². The molecule has 2 rings (SSSR count). The van der Waals surface area contributed by atoms with Crippen molar-refractivity contribution in [3.63, 3.8) is 0 Å². The molecular weight excluding hydrogens is 266 g/mol. The quantitative estimate of drug-likeness (QED) is 0.833. The summed E-state index contributed by atoms with van der Waals surface area (Å²) < 4.78 is 0. The minimum atomic E-state index is 0.604. The molecule has 20 heavy (non-hydrogen) atoms. The van der Waals surface area contributed by atoms with E-state index in [0.717, 1.165) is 6.54 Å². The maximum Gasteiger partial charge on any atom is 0.0235 e. The van der Waals surface area contributed by atoms with Gasteiger partial charge >= 0.3 is 0 Å². The van der Waals surface area contributed by atoms with Crippen LogP contribution >= 0.6 is 11.3 Å². The molecule has 0 aromatic carbocycles. The van der Waals surface area contributed by atoms with Gasteiger partial charge in [0.15, 0.2) is 0 Å². The van der Waals surface area contributed by atoms with Gasteiger partial charge in [0.2, 0.25) is 0 Å². The van der Waals surface area contributed by atoms with Crippen LogP contribution in [0.3, 0.4) is 0 Å². The van der Waals surface area contributed by atoms with Crippen molar-refractivity contribution >= 4 is 11.3 Å². The Hall–Kier alpha value is -0.420. The van der Waals surface area contributed by atoms with Crippen LogP contribution in [0.1, 0.15) is 24.6 Å². The van der Waals surface area contributed by atoms with Crippen molar-refractivity contribution in [3.8, 4) is 0 Å². The Labute approximate surface area is 128 Å². The van der Waals surface area contributed by atoms with Crippen LogP contribution in [0.4, 0.5) is 0 Å². The van der Waals surface area contributed by atoms with E-state index in [-0.39, 0.29) is 0 Å².